The van der Waals surface area contributed by atoms with Gasteiger partial charge in [-0.25, -0.2) is 0 Å². The van der Waals surface area contributed by atoms with Crippen molar-refractivity contribution < 1.29 is 15.0 Å². The molecule has 2 atom stereocenters. The zero-order chi connectivity index (χ0) is 13.0. The number of hydrogen-bond donors (Lipinski definition) is 3. The van der Waals surface area contributed by atoms with Gasteiger partial charge < -0.3 is 15.5 Å². The fourth-order valence-electron chi connectivity index (χ4n) is 1.58. The Morgan fingerprint density at radius 2 is 2.06 bits per heavy atom. The van der Waals surface area contributed by atoms with Crippen LogP contribution >= 0.6 is 0 Å². The summed E-state index contributed by atoms with van der Waals surface area (Å²) in [7, 11) is 0. The monoisotopic (exact) mass is 238 g/mol. The number of pyridine rings is 1. The number of aromatic nitrogens is 1. The lowest BCUT2D eigenvalue weighted by molar-refractivity contribution is -0.119. The first-order valence-corrected chi connectivity index (χ1v) is 5.46. The van der Waals surface area contributed by atoms with Gasteiger partial charge in [-0.15, -0.1) is 0 Å². The van der Waals surface area contributed by atoms with Gasteiger partial charge in [0.1, 0.15) is 12.2 Å². The summed E-state index contributed by atoms with van der Waals surface area (Å²) < 4.78 is 0. The second kappa shape index (κ2) is 5.75. The summed E-state index contributed by atoms with van der Waals surface area (Å²) in [5.74, 6) is -0.241. The lowest BCUT2D eigenvalue weighted by Gasteiger charge is -2.19. The molecule has 0 fully saturated rings. The predicted octanol–water partition coefficient (Wildman–Crippen LogP) is 0.229. The van der Waals surface area contributed by atoms with Crippen LogP contribution in [0.5, 0.6) is 0 Å². The number of carbonyl (C=O) groups is 1. The molecule has 17 heavy (non-hydrogen) atoms. The third-order valence-electron chi connectivity index (χ3n) is 2.51. The number of amides is 1. The molecular formula is C12H18N2O3. The van der Waals surface area contributed by atoms with E-state index in [1.807, 2.05) is 6.92 Å². The van der Waals surface area contributed by atoms with E-state index in [0.29, 0.717) is 11.3 Å². The molecule has 1 rings (SSSR count). The molecule has 0 aliphatic carbocycles. The van der Waals surface area contributed by atoms with Gasteiger partial charge >= 0.3 is 0 Å². The van der Waals surface area contributed by atoms with Gasteiger partial charge in [0.25, 0.3) is 0 Å². The Morgan fingerprint density at radius 1 is 1.41 bits per heavy atom. The molecule has 0 spiro atoms. The summed E-state index contributed by atoms with van der Waals surface area (Å²) in [5.41, 5.74) is 2.11. The highest BCUT2D eigenvalue weighted by atomic mass is 16.3. The third-order valence-corrected chi connectivity index (χ3v) is 2.51. The van der Waals surface area contributed by atoms with Crippen molar-refractivity contribution in [3.8, 4) is 0 Å². The highest BCUT2D eigenvalue weighted by Gasteiger charge is 2.20. The van der Waals surface area contributed by atoms with Crippen LogP contribution in [-0.2, 0) is 4.79 Å². The molecule has 3 N–H and O–H groups in total. The Hall–Kier alpha value is -1.46. The van der Waals surface area contributed by atoms with Crippen molar-refractivity contribution in [2.45, 2.75) is 33.0 Å². The average molecular weight is 238 g/mol. The van der Waals surface area contributed by atoms with E-state index in [-0.39, 0.29) is 12.5 Å². The molecule has 0 aliphatic heterocycles. The second-order valence-corrected chi connectivity index (χ2v) is 4.08. The Morgan fingerprint density at radius 3 is 2.59 bits per heavy atom. The summed E-state index contributed by atoms with van der Waals surface area (Å²) in [6.07, 6.45) is -2.09. The van der Waals surface area contributed by atoms with Crippen LogP contribution in [0.4, 0.5) is 0 Å². The molecule has 0 aliphatic rings. The minimum atomic E-state index is -1.05. The van der Waals surface area contributed by atoms with Crippen molar-refractivity contribution in [1.29, 1.82) is 0 Å². The molecule has 1 heterocycles. The zero-order valence-corrected chi connectivity index (χ0v) is 10.3. The standard InChI is InChI=1S/C12H18N2O3/c1-7-4-5-10(8(2)14-7)12(17)11(16)6-13-9(3)15/h4-5,11-12,16-17H,6H2,1-3H3,(H,13,15). The van der Waals surface area contributed by atoms with Crippen LogP contribution in [0, 0.1) is 13.8 Å². The minimum Gasteiger partial charge on any atom is -0.388 e. The lowest BCUT2D eigenvalue weighted by atomic mass is 10.0. The molecule has 1 amide bonds. The highest BCUT2D eigenvalue weighted by Crippen LogP contribution is 2.19. The van der Waals surface area contributed by atoms with Gasteiger partial charge in [-0.1, -0.05) is 6.07 Å². The van der Waals surface area contributed by atoms with Gasteiger partial charge in [0, 0.05) is 30.4 Å². The maximum Gasteiger partial charge on any atom is 0.216 e. The van der Waals surface area contributed by atoms with Gasteiger partial charge in [0.15, 0.2) is 0 Å². The van der Waals surface area contributed by atoms with Gasteiger partial charge in [-0.2, -0.15) is 0 Å². The molecule has 1 aromatic rings. The quantitative estimate of drug-likeness (QED) is 0.701. The van der Waals surface area contributed by atoms with Gasteiger partial charge in [-0.05, 0) is 19.9 Å². The van der Waals surface area contributed by atoms with Crippen molar-refractivity contribution in [1.82, 2.24) is 10.3 Å². The maximum atomic E-state index is 10.7. The van der Waals surface area contributed by atoms with Crippen LogP contribution in [0.2, 0.25) is 0 Å². The highest BCUT2D eigenvalue weighted by molar-refractivity contribution is 5.72. The second-order valence-electron chi connectivity index (χ2n) is 4.08. The van der Waals surface area contributed by atoms with Crippen molar-refractivity contribution >= 4 is 5.91 Å². The predicted molar refractivity (Wildman–Crippen MR) is 63.4 cm³/mol. The smallest absolute Gasteiger partial charge is 0.216 e. The van der Waals surface area contributed by atoms with E-state index in [9.17, 15) is 15.0 Å². The van der Waals surface area contributed by atoms with E-state index in [4.69, 9.17) is 0 Å². The van der Waals surface area contributed by atoms with E-state index in [1.165, 1.54) is 6.92 Å². The van der Waals surface area contributed by atoms with Crippen molar-refractivity contribution in [2.24, 2.45) is 0 Å². The molecule has 0 aromatic carbocycles. The van der Waals surface area contributed by atoms with Crippen molar-refractivity contribution in [2.75, 3.05) is 6.54 Å². The zero-order valence-electron chi connectivity index (χ0n) is 10.3. The van der Waals surface area contributed by atoms with Crippen LogP contribution in [-0.4, -0.2) is 33.8 Å². The molecule has 5 nitrogen and oxygen atoms in total. The van der Waals surface area contributed by atoms with E-state index < -0.39 is 12.2 Å². The Bertz CT molecular complexity index is 407. The van der Waals surface area contributed by atoms with E-state index >= 15 is 0 Å². The molecule has 0 bridgehead atoms. The van der Waals surface area contributed by atoms with Gasteiger partial charge in [0.2, 0.25) is 5.91 Å². The lowest BCUT2D eigenvalue weighted by Crippen LogP contribution is -2.34. The van der Waals surface area contributed by atoms with Crippen LogP contribution in [0.15, 0.2) is 12.1 Å². The maximum absolute atomic E-state index is 10.7. The molecule has 1 aromatic heterocycles. The van der Waals surface area contributed by atoms with Crippen LogP contribution in [0.3, 0.4) is 0 Å². The molecule has 0 radical (unpaired) electrons. The number of rotatable bonds is 4. The fourth-order valence-corrected chi connectivity index (χ4v) is 1.58. The molecule has 2 unspecified atom stereocenters. The summed E-state index contributed by atoms with van der Waals surface area (Å²) in [5, 5.41) is 22.1. The van der Waals surface area contributed by atoms with E-state index in [1.54, 1.807) is 19.1 Å². The van der Waals surface area contributed by atoms with Gasteiger partial charge in [-0.3, -0.25) is 9.78 Å². The number of nitrogens with zero attached hydrogens (tertiary/aromatic N) is 1. The normalized spacial score (nSPS) is 14.2. The van der Waals surface area contributed by atoms with E-state index in [2.05, 4.69) is 10.3 Å². The molecular weight excluding hydrogens is 220 g/mol. The van der Waals surface area contributed by atoms with Crippen LogP contribution in [0.25, 0.3) is 0 Å². The summed E-state index contributed by atoms with van der Waals surface area (Å²) in [6.45, 7) is 5.01. The van der Waals surface area contributed by atoms with Gasteiger partial charge in [0.05, 0.1) is 0 Å². The first-order valence-electron chi connectivity index (χ1n) is 5.46. The first kappa shape index (κ1) is 13.6. The van der Waals surface area contributed by atoms with E-state index in [0.717, 1.165) is 5.69 Å². The topological polar surface area (TPSA) is 82.5 Å². The van der Waals surface area contributed by atoms with Crippen LogP contribution in [0.1, 0.15) is 30.0 Å². The summed E-state index contributed by atoms with van der Waals surface area (Å²) in [4.78, 5) is 14.9. The minimum absolute atomic E-state index is 0.0177. The fraction of sp³-hybridized carbons (Fsp3) is 0.500. The van der Waals surface area contributed by atoms with Crippen molar-refractivity contribution in [3.63, 3.8) is 0 Å². The van der Waals surface area contributed by atoms with Crippen LogP contribution < -0.4 is 5.32 Å². The number of aryl methyl sites for hydroxylation is 2. The first-order chi connectivity index (χ1) is 7.91. The molecule has 0 saturated carbocycles. The Balaban J connectivity index is 2.74. The number of carbonyl (C=O) groups excluding carboxylic acids is 1. The molecule has 94 valence electrons. The number of hydrogen-bond acceptors (Lipinski definition) is 4. The number of aliphatic hydroxyl groups is 2. The summed E-state index contributed by atoms with van der Waals surface area (Å²) >= 11 is 0. The molecule has 0 saturated heterocycles. The average Bonchev–Trinajstić information content (AvgIpc) is 2.25. The number of nitrogens with one attached hydrogen (secondary N) is 1. The SMILES string of the molecule is CC(=O)NCC(O)C(O)c1ccc(C)nc1C. The third kappa shape index (κ3) is 3.80. The number of aliphatic hydroxyl groups excluding tert-OH is 2. The summed E-state index contributed by atoms with van der Waals surface area (Å²) in [6, 6.07) is 3.51. The Labute approximate surface area is 101 Å². The largest absolute Gasteiger partial charge is 0.388 e. The Kier molecular flexibility index (Phi) is 4.60. The van der Waals surface area contributed by atoms with Crippen molar-refractivity contribution in [3.05, 3.63) is 29.1 Å². The molecule has 5 heteroatoms.